The van der Waals surface area contributed by atoms with Gasteiger partial charge in [-0.15, -0.1) is 0 Å². The van der Waals surface area contributed by atoms with Gasteiger partial charge in [0.15, 0.2) is 11.5 Å². The fourth-order valence-electron chi connectivity index (χ4n) is 4.00. The third-order valence-electron chi connectivity index (χ3n) is 6.02. The molecule has 0 aliphatic carbocycles. The maximum Gasteiger partial charge on any atom is 0.229 e. The van der Waals surface area contributed by atoms with Crippen LogP contribution in [0.3, 0.4) is 0 Å². The van der Waals surface area contributed by atoms with E-state index in [2.05, 4.69) is 40.4 Å². The van der Waals surface area contributed by atoms with E-state index in [0.29, 0.717) is 22.9 Å². The summed E-state index contributed by atoms with van der Waals surface area (Å²) in [6.45, 7) is 7.54. The van der Waals surface area contributed by atoms with E-state index in [-0.39, 0.29) is 5.91 Å². The Labute approximate surface area is 211 Å². The second-order valence-electron chi connectivity index (χ2n) is 9.92. The van der Waals surface area contributed by atoms with E-state index >= 15 is 0 Å². The van der Waals surface area contributed by atoms with E-state index in [1.807, 2.05) is 50.6 Å². The molecule has 0 aromatic carbocycles. The number of nitrogens with one attached hydrogen (secondary N) is 3. The molecule has 1 amide bonds. The van der Waals surface area contributed by atoms with Crippen LogP contribution in [0.15, 0.2) is 55.6 Å². The number of fused-ring (bicyclic) bond motifs is 2. The van der Waals surface area contributed by atoms with Crippen molar-refractivity contribution in [2.45, 2.75) is 27.7 Å². The first-order valence-corrected chi connectivity index (χ1v) is 11.7. The summed E-state index contributed by atoms with van der Waals surface area (Å²) in [7, 11) is 0. The number of hydrogen-bond acceptors (Lipinski definition) is 7. The first-order valence-electron chi connectivity index (χ1n) is 11.7. The van der Waals surface area contributed by atoms with Crippen molar-refractivity contribution in [3.05, 3.63) is 61.3 Å². The number of anilines is 1. The zero-order chi connectivity index (χ0) is 25.7. The predicted molar refractivity (Wildman–Crippen MR) is 140 cm³/mol. The van der Waals surface area contributed by atoms with Gasteiger partial charge >= 0.3 is 0 Å². The Kier molecular flexibility index (Phi) is 5.07. The summed E-state index contributed by atoms with van der Waals surface area (Å²) in [5, 5.41) is 11.2. The van der Waals surface area contributed by atoms with Crippen molar-refractivity contribution in [3.63, 3.8) is 0 Å². The third kappa shape index (κ3) is 4.10. The van der Waals surface area contributed by atoms with Crippen LogP contribution in [-0.4, -0.2) is 50.6 Å². The number of carbonyl (C=O) groups is 1. The van der Waals surface area contributed by atoms with Crippen LogP contribution >= 0.6 is 0 Å². The number of aryl methyl sites for hydroxylation is 1. The normalized spacial score (nSPS) is 11.9. The number of aromatic amines is 2. The number of nitrogens with zero attached hydrogens (tertiary/aromatic N) is 7. The fourth-order valence-corrected chi connectivity index (χ4v) is 4.00. The van der Waals surface area contributed by atoms with Gasteiger partial charge < -0.3 is 14.9 Å². The van der Waals surface area contributed by atoms with Crippen LogP contribution in [0.1, 0.15) is 26.5 Å². The first-order chi connectivity index (χ1) is 17.8. The Balaban J connectivity index is 1.40. The zero-order valence-corrected chi connectivity index (χ0v) is 20.7. The molecule has 0 fully saturated rings. The molecule has 37 heavy (non-hydrogen) atoms. The number of pyridine rings is 3. The van der Waals surface area contributed by atoms with E-state index in [1.54, 1.807) is 37.3 Å². The lowest BCUT2D eigenvalue weighted by Crippen LogP contribution is -2.27. The maximum atomic E-state index is 12.4. The molecule has 6 aromatic heterocycles. The molecule has 3 N–H and O–H groups in total. The summed E-state index contributed by atoms with van der Waals surface area (Å²) in [4.78, 5) is 38.2. The van der Waals surface area contributed by atoms with E-state index in [4.69, 9.17) is 4.98 Å². The van der Waals surface area contributed by atoms with Crippen molar-refractivity contribution >= 4 is 33.7 Å². The highest BCUT2D eigenvalue weighted by atomic mass is 16.2. The number of carbonyl (C=O) groups excluding carboxylic acids is 1. The zero-order valence-electron chi connectivity index (χ0n) is 20.7. The molecular formula is C26H24N10O. The number of H-pyrrole nitrogens is 2. The highest BCUT2D eigenvalue weighted by Gasteiger charge is 2.21. The molecule has 0 saturated heterocycles. The van der Waals surface area contributed by atoms with Gasteiger partial charge in [0.25, 0.3) is 0 Å². The molecular weight excluding hydrogens is 468 g/mol. The van der Waals surface area contributed by atoms with Crippen LogP contribution in [0.4, 0.5) is 5.69 Å². The maximum absolute atomic E-state index is 12.4. The van der Waals surface area contributed by atoms with Crippen molar-refractivity contribution in [3.8, 4) is 28.3 Å². The highest BCUT2D eigenvalue weighted by Crippen LogP contribution is 2.31. The minimum Gasteiger partial charge on any atom is -0.335 e. The van der Waals surface area contributed by atoms with Gasteiger partial charge in [0, 0.05) is 35.1 Å². The molecule has 0 aliphatic rings. The van der Waals surface area contributed by atoms with E-state index in [9.17, 15) is 4.79 Å². The Hall–Kier alpha value is -4.93. The molecule has 184 valence electrons. The third-order valence-corrected chi connectivity index (χ3v) is 6.02. The summed E-state index contributed by atoms with van der Waals surface area (Å²) in [6.07, 6.45) is 12.3. The lowest BCUT2D eigenvalue weighted by atomic mass is 9.95. The van der Waals surface area contributed by atoms with Crippen molar-refractivity contribution in [2.75, 3.05) is 5.32 Å². The SMILES string of the molecule is Cc1cn(-c2cncc3[nH]c(-c4[nH]nc5ncc(-c6cncc(NC(=O)C(C)(C)C)c6)cc45)nc23)cn1. The molecule has 0 radical (unpaired) electrons. The number of imidazole rings is 2. The minimum absolute atomic E-state index is 0.0817. The van der Waals surface area contributed by atoms with E-state index in [1.165, 1.54) is 0 Å². The lowest BCUT2D eigenvalue weighted by Gasteiger charge is -2.17. The molecule has 0 atom stereocenters. The second kappa shape index (κ2) is 8.33. The molecule has 6 heterocycles. The van der Waals surface area contributed by atoms with Gasteiger partial charge in [0.2, 0.25) is 5.91 Å². The number of rotatable bonds is 4. The Morgan fingerprint density at radius 3 is 2.59 bits per heavy atom. The minimum atomic E-state index is -0.513. The monoisotopic (exact) mass is 492 g/mol. The Morgan fingerprint density at radius 2 is 1.81 bits per heavy atom. The van der Waals surface area contributed by atoms with Gasteiger partial charge in [-0.25, -0.2) is 15.0 Å². The first kappa shape index (κ1) is 22.5. The van der Waals surface area contributed by atoms with Crippen LogP contribution in [0, 0.1) is 12.3 Å². The summed E-state index contributed by atoms with van der Waals surface area (Å²) in [5.74, 6) is 0.536. The fraction of sp³-hybridized carbons (Fsp3) is 0.192. The second-order valence-corrected chi connectivity index (χ2v) is 9.92. The topological polar surface area (TPSA) is 143 Å². The van der Waals surface area contributed by atoms with Crippen molar-refractivity contribution in [2.24, 2.45) is 5.41 Å². The van der Waals surface area contributed by atoms with Gasteiger partial charge in [-0.2, -0.15) is 5.10 Å². The average Bonchev–Trinajstić information content (AvgIpc) is 3.60. The summed E-state index contributed by atoms with van der Waals surface area (Å²) >= 11 is 0. The van der Waals surface area contributed by atoms with Crippen LogP contribution in [0.25, 0.3) is 50.4 Å². The van der Waals surface area contributed by atoms with Gasteiger partial charge in [-0.05, 0) is 19.1 Å². The van der Waals surface area contributed by atoms with Gasteiger partial charge in [0.1, 0.15) is 11.2 Å². The van der Waals surface area contributed by atoms with E-state index < -0.39 is 5.41 Å². The van der Waals surface area contributed by atoms with Gasteiger partial charge in [-0.3, -0.25) is 19.9 Å². The van der Waals surface area contributed by atoms with Crippen LogP contribution in [0.2, 0.25) is 0 Å². The van der Waals surface area contributed by atoms with Gasteiger partial charge in [-0.1, -0.05) is 20.8 Å². The van der Waals surface area contributed by atoms with Crippen molar-refractivity contribution in [1.29, 1.82) is 0 Å². The van der Waals surface area contributed by atoms with Crippen LogP contribution in [-0.2, 0) is 4.79 Å². The molecule has 0 unspecified atom stereocenters. The number of aromatic nitrogens is 9. The quantitative estimate of drug-likeness (QED) is 0.330. The largest absolute Gasteiger partial charge is 0.335 e. The highest BCUT2D eigenvalue weighted by molar-refractivity contribution is 5.96. The molecule has 0 spiro atoms. The molecule has 0 saturated carbocycles. The molecule has 11 heteroatoms. The van der Waals surface area contributed by atoms with Gasteiger partial charge in [0.05, 0.1) is 52.9 Å². The number of hydrogen-bond donors (Lipinski definition) is 3. The van der Waals surface area contributed by atoms with E-state index in [0.717, 1.165) is 38.9 Å². The summed E-state index contributed by atoms with van der Waals surface area (Å²) in [5.41, 5.74) is 6.31. The van der Waals surface area contributed by atoms with Crippen LogP contribution < -0.4 is 5.32 Å². The predicted octanol–water partition coefficient (Wildman–Crippen LogP) is 4.44. The Bertz CT molecular complexity index is 1790. The molecule has 0 aliphatic heterocycles. The molecule has 11 nitrogen and oxygen atoms in total. The summed E-state index contributed by atoms with van der Waals surface area (Å²) in [6, 6.07) is 3.87. The van der Waals surface area contributed by atoms with Crippen LogP contribution in [0.5, 0.6) is 0 Å². The molecule has 0 bridgehead atoms. The van der Waals surface area contributed by atoms with Crippen molar-refractivity contribution < 1.29 is 4.79 Å². The average molecular weight is 493 g/mol. The molecule has 6 rings (SSSR count). The Morgan fingerprint density at radius 1 is 1.00 bits per heavy atom. The summed E-state index contributed by atoms with van der Waals surface area (Å²) < 4.78 is 1.90. The number of amides is 1. The van der Waals surface area contributed by atoms with Crippen molar-refractivity contribution in [1.82, 2.24) is 44.7 Å². The molecule has 6 aromatic rings. The standard InChI is InChI=1S/C26H24N10O/c1-14-12-36(13-30-14)20-11-28-10-19-22(20)33-24(32-19)21-18-6-16(8-29-23(18)35-34-21)15-5-17(9-27-7-15)31-25(37)26(2,3)4/h5-13H,1-4H3,(H,31,37)(H,32,33)(H,29,34,35). The smallest absolute Gasteiger partial charge is 0.229 e. The lowest BCUT2D eigenvalue weighted by molar-refractivity contribution is -0.123.